The van der Waals surface area contributed by atoms with E-state index < -0.39 is 34.4 Å². The quantitative estimate of drug-likeness (QED) is 0.0605. The summed E-state index contributed by atoms with van der Waals surface area (Å²) in [5.41, 5.74) is 2.05. The first-order valence-electron chi connectivity index (χ1n) is 14.4. The van der Waals surface area contributed by atoms with Crippen LogP contribution in [0.2, 0.25) is 0 Å². The largest absolute Gasteiger partial charge is 0.451 e. The number of nitrogens with zero attached hydrogens (tertiary/aromatic N) is 3. The number of ether oxygens (including phenoxy) is 2. The standard InChI is InChI=1S/C35H29N3O7/c1-35(2)21-29-28(20-25-19-24(17-18-36-25)33(40)44-27-15-13-26(14-16-27)38(42)43)32(39)37(29)31(35)34(41)45-30(22-9-5-3-6-10-22)23-11-7-4-8-12-23/h3-20,29-31H,21H2,1-2H3/b28-20+/t29?,31-/m0/s1. The van der Waals surface area contributed by atoms with Crippen molar-refractivity contribution in [2.45, 2.75) is 38.5 Å². The summed E-state index contributed by atoms with van der Waals surface area (Å²) >= 11 is 0. The highest BCUT2D eigenvalue weighted by atomic mass is 16.6. The van der Waals surface area contributed by atoms with Crippen LogP contribution in [0.3, 0.4) is 0 Å². The topological polar surface area (TPSA) is 129 Å². The maximum atomic E-state index is 13.8. The van der Waals surface area contributed by atoms with E-state index in [2.05, 4.69) is 4.98 Å². The van der Waals surface area contributed by atoms with Crippen LogP contribution in [0.4, 0.5) is 5.69 Å². The molecule has 0 N–H and O–H groups in total. The summed E-state index contributed by atoms with van der Waals surface area (Å²) in [6.07, 6.45) is 2.99. The second kappa shape index (κ2) is 11.8. The first-order chi connectivity index (χ1) is 21.6. The van der Waals surface area contributed by atoms with Crippen molar-refractivity contribution in [1.82, 2.24) is 9.88 Å². The van der Waals surface area contributed by atoms with E-state index >= 15 is 0 Å². The molecule has 1 aromatic heterocycles. The van der Waals surface area contributed by atoms with Crippen molar-refractivity contribution >= 4 is 29.6 Å². The summed E-state index contributed by atoms with van der Waals surface area (Å²) in [6, 6.07) is 26.1. The normalized spacial score (nSPS) is 19.1. The van der Waals surface area contributed by atoms with Crippen LogP contribution in [0, 0.1) is 15.5 Å². The number of non-ortho nitro benzene ring substituents is 1. The number of pyridine rings is 1. The Hall–Kier alpha value is -5.64. The SMILES string of the molecule is CC1(C)CC2/C(=C\c3cc(C(=O)Oc4ccc([N+](=O)[O-])cc4)ccn3)C(=O)N2[C@H]1C(=O)OC(c1ccccc1)c1ccccc1. The zero-order valence-electron chi connectivity index (χ0n) is 24.5. The molecule has 0 aliphatic carbocycles. The number of fused-ring (bicyclic) bond motifs is 1. The van der Waals surface area contributed by atoms with Gasteiger partial charge in [-0.15, -0.1) is 0 Å². The number of amides is 1. The summed E-state index contributed by atoms with van der Waals surface area (Å²) in [5.74, 6) is -1.28. The van der Waals surface area contributed by atoms with Gasteiger partial charge in [0.2, 0.25) is 0 Å². The molecule has 3 aromatic carbocycles. The third kappa shape index (κ3) is 5.82. The minimum atomic E-state index is -0.780. The number of nitro groups is 1. The number of rotatable bonds is 8. The zero-order chi connectivity index (χ0) is 31.7. The Morgan fingerprint density at radius 2 is 1.60 bits per heavy atom. The van der Waals surface area contributed by atoms with Gasteiger partial charge in [-0.05, 0) is 53.3 Å². The van der Waals surface area contributed by atoms with Gasteiger partial charge >= 0.3 is 11.9 Å². The van der Waals surface area contributed by atoms with Crippen molar-refractivity contribution in [1.29, 1.82) is 0 Å². The first kappa shape index (κ1) is 29.4. The van der Waals surface area contributed by atoms with E-state index in [1.54, 1.807) is 11.0 Å². The number of hydrogen-bond acceptors (Lipinski definition) is 8. The number of carbonyl (C=O) groups is 3. The van der Waals surface area contributed by atoms with E-state index in [1.165, 1.54) is 42.6 Å². The van der Waals surface area contributed by atoms with E-state index in [-0.39, 0.29) is 28.9 Å². The number of esters is 2. The van der Waals surface area contributed by atoms with Gasteiger partial charge in [-0.25, -0.2) is 9.59 Å². The average Bonchev–Trinajstić information content (AvgIpc) is 3.31. The van der Waals surface area contributed by atoms with Gasteiger partial charge in [-0.3, -0.25) is 19.9 Å². The first-order valence-corrected chi connectivity index (χ1v) is 14.4. The number of benzene rings is 3. The number of hydrogen-bond donors (Lipinski definition) is 0. The predicted octanol–water partition coefficient (Wildman–Crippen LogP) is 5.93. The van der Waals surface area contributed by atoms with Gasteiger partial charge in [0.1, 0.15) is 11.8 Å². The lowest BCUT2D eigenvalue weighted by atomic mass is 9.83. The molecule has 1 unspecified atom stereocenters. The molecule has 6 rings (SSSR count). The van der Waals surface area contributed by atoms with Crippen LogP contribution in [0.1, 0.15) is 53.6 Å². The molecule has 2 saturated heterocycles. The van der Waals surface area contributed by atoms with E-state index in [9.17, 15) is 24.5 Å². The molecule has 45 heavy (non-hydrogen) atoms. The van der Waals surface area contributed by atoms with Crippen LogP contribution in [-0.2, 0) is 14.3 Å². The molecule has 2 aliphatic heterocycles. The van der Waals surface area contributed by atoms with E-state index in [0.29, 0.717) is 17.7 Å². The van der Waals surface area contributed by atoms with E-state index in [0.717, 1.165) is 11.1 Å². The Morgan fingerprint density at radius 1 is 0.978 bits per heavy atom. The monoisotopic (exact) mass is 603 g/mol. The van der Waals surface area contributed by atoms with Gasteiger partial charge in [-0.1, -0.05) is 74.5 Å². The third-order valence-corrected chi connectivity index (χ3v) is 8.15. The van der Waals surface area contributed by atoms with E-state index in [1.807, 2.05) is 74.5 Å². The van der Waals surface area contributed by atoms with Crippen LogP contribution < -0.4 is 4.74 Å². The highest BCUT2D eigenvalue weighted by Crippen LogP contribution is 2.50. The van der Waals surface area contributed by atoms with Crippen molar-refractivity contribution in [2.24, 2.45) is 5.41 Å². The number of nitro benzene ring substituents is 1. The van der Waals surface area contributed by atoms with Gasteiger partial charge in [0.25, 0.3) is 11.6 Å². The van der Waals surface area contributed by atoms with Crippen LogP contribution in [0.25, 0.3) is 6.08 Å². The minimum Gasteiger partial charge on any atom is -0.451 e. The smallest absolute Gasteiger partial charge is 0.343 e. The molecule has 0 spiro atoms. The van der Waals surface area contributed by atoms with Crippen LogP contribution >= 0.6 is 0 Å². The fourth-order valence-corrected chi connectivity index (χ4v) is 5.98. The lowest BCUT2D eigenvalue weighted by molar-refractivity contribution is -0.384. The number of aromatic nitrogens is 1. The fraction of sp³-hybridized carbons (Fsp3) is 0.200. The van der Waals surface area contributed by atoms with E-state index in [4.69, 9.17) is 9.47 Å². The number of carbonyl (C=O) groups excluding carboxylic acids is 3. The number of β-lactam (4-membered cyclic amide) rings is 1. The van der Waals surface area contributed by atoms with Crippen molar-refractivity contribution in [3.63, 3.8) is 0 Å². The summed E-state index contributed by atoms with van der Waals surface area (Å²) < 4.78 is 11.5. The van der Waals surface area contributed by atoms with Gasteiger partial charge in [-0.2, -0.15) is 0 Å². The summed E-state index contributed by atoms with van der Waals surface area (Å²) in [5, 5.41) is 10.9. The van der Waals surface area contributed by atoms with Gasteiger partial charge in [0.15, 0.2) is 6.10 Å². The lowest BCUT2D eigenvalue weighted by Gasteiger charge is -2.41. The highest BCUT2D eigenvalue weighted by molar-refractivity contribution is 6.08. The molecule has 4 aromatic rings. The Bertz CT molecular complexity index is 1760. The molecule has 226 valence electrons. The fourth-order valence-electron chi connectivity index (χ4n) is 5.98. The summed E-state index contributed by atoms with van der Waals surface area (Å²) in [7, 11) is 0. The molecule has 10 nitrogen and oxygen atoms in total. The van der Waals surface area contributed by atoms with Gasteiger partial charge in [0.05, 0.1) is 22.2 Å². The van der Waals surface area contributed by atoms with Crippen molar-refractivity contribution < 1.29 is 28.8 Å². The van der Waals surface area contributed by atoms with Gasteiger partial charge in [0, 0.05) is 23.9 Å². The maximum Gasteiger partial charge on any atom is 0.343 e. The summed E-state index contributed by atoms with van der Waals surface area (Å²) in [6.45, 7) is 3.91. The maximum absolute atomic E-state index is 13.8. The van der Waals surface area contributed by atoms with Gasteiger partial charge < -0.3 is 14.4 Å². The second-order valence-corrected chi connectivity index (χ2v) is 11.7. The molecule has 0 saturated carbocycles. The second-order valence-electron chi connectivity index (χ2n) is 11.7. The molecule has 10 heteroatoms. The Labute approximate surface area is 259 Å². The molecule has 1 amide bonds. The Kier molecular flexibility index (Phi) is 7.72. The van der Waals surface area contributed by atoms with Crippen molar-refractivity contribution in [3.8, 4) is 5.75 Å². The molecule has 2 fully saturated rings. The summed E-state index contributed by atoms with van der Waals surface area (Å²) in [4.78, 5) is 56.3. The van der Waals surface area contributed by atoms with Crippen LogP contribution in [-0.4, -0.2) is 44.7 Å². The highest BCUT2D eigenvalue weighted by Gasteiger charge is 2.61. The van der Waals surface area contributed by atoms with Crippen LogP contribution in [0.5, 0.6) is 5.75 Å². The molecular formula is C35H29N3O7. The molecule has 2 atom stereocenters. The zero-order valence-corrected chi connectivity index (χ0v) is 24.5. The Morgan fingerprint density at radius 3 is 2.20 bits per heavy atom. The molecular weight excluding hydrogens is 574 g/mol. The lowest BCUT2D eigenvalue weighted by Crippen LogP contribution is -2.58. The van der Waals surface area contributed by atoms with Crippen molar-refractivity contribution in [2.75, 3.05) is 0 Å². The molecule has 0 radical (unpaired) electrons. The molecule has 3 heterocycles. The van der Waals surface area contributed by atoms with Crippen molar-refractivity contribution in [3.05, 3.63) is 141 Å². The average molecular weight is 604 g/mol. The third-order valence-electron chi connectivity index (χ3n) is 8.15. The van der Waals surface area contributed by atoms with Crippen LogP contribution in [0.15, 0.2) is 109 Å². The Balaban J connectivity index is 1.19. The predicted molar refractivity (Wildman–Crippen MR) is 164 cm³/mol. The minimum absolute atomic E-state index is 0.121. The molecule has 2 aliphatic rings. The molecule has 0 bridgehead atoms.